The van der Waals surface area contributed by atoms with Gasteiger partial charge in [0.25, 0.3) is 0 Å². The Morgan fingerprint density at radius 2 is 2.18 bits per heavy atom. The number of likely N-dealkylation sites (tertiary alicyclic amines) is 1. The molecule has 1 heterocycles. The molecule has 2 N–H and O–H groups in total. The van der Waals surface area contributed by atoms with Crippen molar-refractivity contribution in [2.75, 3.05) is 20.1 Å². The number of carbonyl (C=O) groups is 2. The summed E-state index contributed by atoms with van der Waals surface area (Å²) in [4.78, 5) is 24.3. The Balaban J connectivity index is 2.18. The molecule has 5 nitrogen and oxygen atoms in total. The first-order valence-electron chi connectivity index (χ1n) is 6.17. The summed E-state index contributed by atoms with van der Waals surface area (Å²) in [5, 5.41) is 11.5. The van der Waals surface area contributed by atoms with Crippen LogP contribution in [-0.4, -0.2) is 48.1 Å². The van der Waals surface area contributed by atoms with Crippen LogP contribution in [-0.2, 0) is 9.59 Å². The summed E-state index contributed by atoms with van der Waals surface area (Å²) in [5.41, 5.74) is 0. The molecule has 1 rings (SSSR count). The van der Waals surface area contributed by atoms with Gasteiger partial charge in [-0.3, -0.25) is 9.59 Å². The van der Waals surface area contributed by atoms with Crippen LogP contribution < -0.4 is 5.32 Å². The number of carboxylic acids is 1. The van der Waals surface area contributed by atoms with Crippen LogP contribution in [0.2, 0.25) is 0 Å². The Labute approximate surface area is 102 Å². The Morgan fingerprint density at radius 1 is 1.47 bits per heavy atom. The normalized spacial score (nSPS) is 22.4. The molecule has 0 aromatic heterocycles. The number of nitrogens with one attached hydrogen (secondary N) is 1. The van der Waals surface area contributed by atoms with Crippen molar-refractivity contribution in [3.05, 3.63) is 0 Å². The molecule has 2 atom stereocenters. The van der Waals surface area contributed by atoms with E-state index in [-0.39, 0.29) is 18.2 Å². The monoisotopic (exact) mass is 242 g/mol. The summed E-state index contributed by atoms with van der Waals surface area (Å²) < 4.78 is 0. The maximum Gasteiger partial charge on any atom is 0.303 e. The van der Waals surface area contributed by atoms with E-state index in [0.29, 0.717) is 19.0 Å². The van der Waals surface area contributed by atoms with Gasteiger partial charge < -0.3 is 15.3 Å². The van der Waals surface area contributed by atoms with Crippen LogP contribution in [0.3, 0.4) is 0 Å². The second kappa shape index (κ2) is 6.59. The first kappa shape index (κ1) is 14.0. The predicted octanol–water partition coefficient (Wildman–Crippen LogP) is 0.698. The minimum absolute atomic E-state index is 0.0425. The second-order valence-corrected chi connectivity index (χ2v) is 4.99. The van der Waals surface area contributed by atoms with E-state index in [9.17, 15) is 9.59 Å². The van der Waals surface area contributed by atoms with E-state index in [0.717, 1.165) is 13.0 Å². The Kier molecular flexibility index (Phi) is 5.41. The van der Waals surface area contributed by atoms with E-state index < -0.39 is 5.97 Å². The van der Waals surface area contributed by atoms with Crippen molar-refractivity contribution in [1.82, 2.24) is 10.2 Å². The lowest BCUT2D eigenvalue weighted by Gasteiger charge is -2.20. The highest BCUT2D eigenvalue weighted by Gasteiger charge is 2.21. The van der Waals surface area contributed by atoms with Gasteiger partial charge in [0.15, 0.2) is 0 Å². The van der Waals surface area contributed by atoms with Crippen molar-refractivity contribution in [3.63, 3.8) is 0 Å². The van der Waals surface area contributed by atoms with Crippen LogP contribution in [0.1, 0.15) is 32.6 Å². The maximum absolute atomic E-state index is 11.6. The fourth-order valence-corrected chi connectivity index (χ4v) is 2.23. The summed E-state index contributed by atoms with van der Waals surface area (Å²) in [6.45, 7) is 3.56. The number of nitrogens with zero attached hydrogens (tertiary/aromatic N) is 1. The Bertz CT molecular complexity index is 281. The van der Waals surface area contributed by atoms with Crippen LogP contribution in [0.25, 0.3) is 0 Å². The molecule has 98 valence electrons. The smallest absolute Gasteiger partial charge is 0.303 e. The molecule has 0 bridgehead atoms. The van der Waals surface area contributed by atoms with Crippen molar-refractivity contribution in [3.8, 4) is 0 Å². The highest BCUT2D eigenvalue weighted by atomic mass is 16.4. The molecular formula is C12H22N2O3. The molecule has 1 fully saturated rings. The number of hydrogen-bond donors (Lipinski definition) is 2. The number of hydrogen-bond acceptors (Lipinski definition) is 3. The third-order valence-electron chi connectivity index (χ3n) is 3.26. The second-order valence-electron chi connectivity index (χ2n) is 4.99. The fourth-order valence-electron chi connectivity index (χ4n) is 2.23. The van der Waals surface area contributed by atoms with E-state index >= 15 is 0 Å². The van der Waals surface area contributed by atoms with E-state index in [2.05, 4.69) is 17.3 Å². The maximum atomic E-state index is 11.6. The summed E-state index contributed by atoms with van der Waals surface area (Å²) >= 11 is 0. The topological polar surface area (TPSA) is 69.6 Å². The lowest BCUT2D eigenvalue weighted by Crippen LogP contribution is -2.38. The molecule has 0 radical (unpaired) electrons. The van der Waals surface area contributed by atoms with Gasteiger partial charge in [-0.15, -0.1) is 0 Å². The van der Waals surface area contributed by atoms with Gasteiger partial charge in [-0.05, 0) is 32.4 Å². The molecule has 0 spiro atoms. The number of carboxylic acid groups (broad SMARTS) is 1. The van der Waals surface area contributed by atoms with Gasteiger partial charge in [0.05, 0.1) is 0 Å². The zero-order valence-corrected chi connectivity index (χ0v) is 10.6. The van der Waals surface area contributed by atoms with Crippen molar-refractivity contribution in [2.45, 2.75) is 38.6 Å². The van der Waals surface area contributed by atoms with Crippen LogP contribution >= 0.6 is 0 Å². The van der Waals surface area contributed by atoms with Gasteiger partial charge in [-0.2, -0.15) is 0 Å². The fraction of sp³-hybridized carbons (Fsp3) is 0.833. The van der Waals surface area contributed by atoms with E-state index in [1.165, 1.54) is 6.42 Å². The van der Waals surface area contributed by atoms with E-state index in [1.807, 2.05) is 0 Å². The Hall–Kier alpha value is -1.10. The highest BCUT2D eigenvalue weighted by Crippen LogP contribution is 2.13. The summed E-state index contributed by atoms with van der Waals surface area (Å²) in [5.74, 6) is -0.992. The number of carbonyl (C=O) groups excluding carboxylic acids is 1. The average Bonchev–Trinajstić information content (AvgIpc) is 2.59. The molecule has 1 aliphatic rings. The number of likely N-dealkylation sites (N-methyl/N-ethyl adjacent to an activating group) is 1. The number of rotatable bonds is 6. The molecular weight excluding hydrogens is 220 g/mol. The molecule has 0 aliphatic carbocycles. The number of aliphatic carboxylic acids is 1. The van der Waals surface area contributed by atoms with Crippen molar-refractivity contribution < 1.29 is 14.7 Å². The minimum atomic E-state index is -0.846. The Morgan fingerprint density at radius 3 is 2.71 bits per heavy atom. The number of amides is 1. The summed E-state index contributed by atoms with van der Waals surface area (Å²) in [6.07, 6.45) is 2.66. The van der Waals surface area contributed by atoms with Gasteiger partial charge in [0.2, 0.25) is 5.91 Å². The molecule has 1 amide bonds. The molecule has 1 aliphatic heterocycles. The molecule has 17 heavy (non-hydrogen) atoms. The van der Waals surface area contributed by atoms with Crippen LogP contribution in [0.5, 0.6) is 0 Å². The molecule has 1 saturated heterocycles. The zero-order valence-electron chi connectivity index (χ0n) is 10.6. The van der Waals surface area contributed by atoms with E-state index in [4.69, 9.17) is 5.11 Å². The lowest BCUT2D eigenvalue weighted by atomic mass is 10.0. The molecule has 0 saturated carbocycles. The molecule has 0 aromatic carbocycles. The van der Waals surface area contributed by atoms with Crippen LogP contribution in [0, 0.1) is 5.92 Å². The molecule has 2 unspecified atom stereocenters. The van der Waals surface area contributed by atoms with Gasteiger partial charge in [0, 0.05) is 25.4 Å². The molecule has 5 heteroatoms. The third kappa shape index (κ3) is 5.17. The minimum Gasteiger partial charge on any atom is -0.481 e. The first-order valence-corrected chi connectivity index (χ1v) is 6.17. The van der Waals surface area contributed by atoms with Gasteiger partial charge in [0.1, 0.15) is 0 Å². The largest absolute Gasteiger partial charge is 0.481 e. The third-order valence-corrected chi connectivity index (χ3v) is 3.26. The van der Waals surface area contributed by atoms with Crippen LogP contribution in [0.4, 0.5) is 0 Å². The van der Waals surface area contributed by atoms with Gasteiger partial charge in [-0.1, -0.05) is 6.92 Å². The SMILES string of the molecule is CC(CC(=O)O)CC(=O)NCC1CCCN1C. The average molecular weight is 242 g/mol. The van der Waals surface area contributed by atoms with Crippen molar-refractivity contribution in [1.29, 1.82) is 0 Å². The van der Waals surface area contributed by atoms with Crippen LogP contribution in [0.15, 0.2) is 0 Å². The van der Waals surface area contributed by atoms with Gasteiger partial charge >= 0.3 is 5.97 Å². The molecule has 0 aromatic rings. The quantitative estimate of drug-likeness (QED) is 0.719. The first-order chi connectivity index (χ1) is 7.99. The lowest BCUT2D eigenvalue weighted by molar-refractivity contribution is -0.138. The standard InChI is InChI=1S/C12H22N2O3/c1-9(7-12(16)17)6-11(15)13-8-10-4-3-5-14(10)2/h9-10H,3-8H2,1-2H3,(H,13,15)(H,16,17). The summed E-state index contributed by atoms with van der Waals surface area (Å²) in [6, 6.07) is 0.439. The van der Waals surface area contributed by atoms with Crippen molar-refractivity contribution >= 4 is 11.9 Å². The van der Waals surface area contributed by atoms with E-state index in [1.54, 1.807) is 6.92 Å². The summed E-state index contributed by atoms with van der Waals surface area (Å²) in [7, 11) is 2.07. The van der Waals surface area contributed by atoms with Gasteiger partial charge in [-0.25, -0.2) is 0 Å². The zero-order chi connectivity index (χ0) is 12.8. The van der Waals surface area contributed by atoms with Crippen molar-refractivity contribution in [2.24, 2.45) is 5.92 Å². The predicted molar refractivity (Wildman–Crippen MR) is 64.7 cm³/mol. The highest BCUT2D eigenvalue weighted by molar-refractivity contribution is 5.77.